The van der Waals surface area contributed by atoms with E-state index in [1.165, 1.54) is 16.9 Å². The highest BCUT2D eigenvalue weighted by molar-refractivity contribution is 7.09. The van der Waals surface area contributed by atoms with E-state index in [9.17, 15) is 4.79 Å². The molecule has 2 aromatic rings. The van der Waals surface area contributed by atoms with Crippen LogP contribution in [0.3, 0.4) is 0 Å². The summed E-state index contributed by atoms with van der Waals surface area (Å²) < 4.78 is 0. The van der Waals surface area contributed by atoms with Gasteiger partial charge in [-0.05, 0) is 23.5 Å². The number of benzene rings is 1. The second-order valence-corrected chi connectivity index (χ2v) is 7.34. The Labute approximate surface area is 147 Å². The van der Waals surface area contributed by atoms with Gasteiger partial charge in [0.2, 0.25) is 0 Å². The van der Waals surface area contributed by atoms with Crippen LogP contribution < -0.4 is 11.1 Å². The van der Waals surface area contributed by atoms with Gasteiger partial charge in [-0.1, -0.05) is 45.0 Å². The van der Waals surface area contributed by atoms with Gasteiger partial charge in [0.1, 0.15) is 10.7 Å². The Kier molecular flexibility index (Phi) is 6.74. The minimum Gasteiger partial charge on any atom is -0.344 e. The molecule has 0 bridgehead atoms. The lowest BCUT2D eigenvalue weighted by Crippen LogP contribution is -2.27. The lowest BCUT2D eigenvalue weighted by atomic mass is 9.86. The number of rotatable bonds is 4. The van der Waals surface area contributed by atoms with Crippen LogP contribution in [0.5, 0.6) is 0 Å². The van der Waals surface area contributed by atoms with Crippen molar-refractivity contribution in [1.29, 1.82) is 0 Å². The molecule has 0 radical (unpaired) electrons. The fourth-order valence-corrected chi connectivity index (χ4v) is 2.79. The molecule has 0 saturated heterocycles. The number of hydrogen-bond donors (Lipinski definition) is 2. The zero-order chi connectivity index (χ0) is 16.3. The van der Waals surface area contributed by atoms with Gasteiger partial charge >= 0.3 is 0 Å². The molecule has 0 aliphatic rings. The number of aromatic nitrogens is 1. The van der Waals surface area contributed by atoms with Crippen LogP contribution >= 0.6 is 23.7 Å². The summed E-state index contributed by atoms with van der Waals surface area (Å²) in [5, 5.41) is 5.49. The molecule has 1 aromatic carbocycles. The van der Waals surface area contributed by atoms with E-state index in [2.05, 4.69) is 55.3 Å². The largest absolute Gasteiger partial charge is 0.344 e. The first-order valence-corrected chi connectivity index (χ1v) is 8.25. The molecule has 0 spiro atoms. The molecule has 1 aromatic heterocycles. The van der Waals surface area contributed by atoms with Gasteiger partial charge in [0.25, 0.3) is 5.91 Å². The molecule has 1 unspecified atom stereocenters. The van der Waals surface area contributed by atoms with Crippen molar-refractivity contribution in [3.05, 3.63) is 51.5 Å². The molecule has 0 fully saturated rings. The Bertz CT molecular complexity index is 647. The summed E-state index contributed by atoms with van der Waals surface area (Å²) in [7, 11) is 0. The summed E-state index contributed by atoms with van der Waals surface area (Å²) in [5.74, 6) is -0.164. The molecule has 3 N–H and O–H groups in total. The molecular weight excluding hydrogens is 330 g/mol. The number of amides is 1. The van der Waals surface area contributed by atoms with E-state index in [0.29, 0.717) is 12.2 Å². The number of carbonyl (C=O) groups is 1. The molecule has 4 nitrogen and oxygen atoms in total. The van der Waals surface area contributed by atoms with Crippen molar-refractivity contribution in [2.24, 2.45) is 5.73 Å². The SMILES string of the molecule is CC(NC(=O)c1csc(CN)n1)c1ccc(C(C)(C)C)cc1.Cl. The molecular formula is C17H24ClN3OS. The second kappa shape index (κ2) is 7.90. The average molecular weight is 354 g/mol. The standard InChI is InChI=1S/C17H23N3OS.ClH/c1-11(12-5-7-13(8-6-12)17(2,3)4)19-16(21)14-10-22-15(9-18)20-14;/h5-8,10-11H,9,18H2,1-4H3,(H,19,21);1H. The maximum Gasteiger partial charge on any atom is 0.271 e. The number of hydrogen-bond acceptors (Lipinski definition) is 4. The highest BCUT2D eigenvalue weighted by Gasteiger charge is 2.16. The first-order valence-electron chi connectivity index (χ1n) is 7.37. The fourth-order valence-electron chi connectivity index (χ4n) is 2.13. The van der Waals surface area contributed by atoms with Crippen molar-refractivity contribution in [3.63, 3.8) is 0 Å². The van der Waals surface area contributed by atoms with Gasteiger partial charge in [-0.25, -0.2) is 4.98 Å². The van der Waals surface area contributed by atoms with E-state index in [-0.39, 0.29) is 29.8 Å². The first kappa shape index (κ1) is 19.6. The Balaban J connectivity index is 0.00000264. The maximum atomic E-state index is 12.2. The Morgan fingerprint density at radius 3 is 2.39 bits per heavy atom. The number of halogens is 1. The molecule has 0 aliphatic heterocycles. The predicted octanol–water partition coefficient (Wildman–Crippen LogP) is 3.81. The summed E-state index contributed by atoms with van der Waals surface area (Å²) in [6, 6.07) is 8.31. The Morgan fingerprint density at radius 1 is 1.30 bits per heavy atom. The lowest BCUT2D eigenvalue weighted by molar-refractivity contribution is 0.0935. The van der Waals surface area contributed by atoms with Crippen LogP contribution in [0.2, 0.25) is 0 Å². The van der Waals surface area contributed by atoms with E-state index >= 15 is 0 Å². The lowest BCUT2D eigenvalue weighted by Gasteiger charge is -2.20. The average Bonchev–Trinajstić information content (AvgIpc) is 2.95. The summed E-state index contributed by atoms with van der Waals surface area (Å²) in [4.78, 5) is 16.4. The van der Waals surface area contributed by atoms with Crippen molar-refractivity contribution >= 4 is 29.7 Å². The third-order valence-electron chi connectivity index (χ3n) is 3.58. The number of thiazole rings is 1. The smallest absolute Gasteiger partial charge is 0.271 e. The van der Waals surface area contributed by atoms with Crippen LogP contribution in [0, 0.1) is 0 Å². The van der Waals surface area contributed by atoms with Gasteiger partial charge < -0.3 is 11.1 Å². The number of nitrogens with two attached hydrogens (primary N) is 1. The minimum atomic E-state index is -0.164. The summed E-state index contributed by atoms with van der Waals surface area (Å²) in [5.41, 5.74) is 8.44. The van der Waals surface area contributed by atoms with Crippen LogP contribution in [0.1, 0.15) is 60.4 Å². The van der Waals surface area contributed by atoms with Gasteiger partial charge in [0.15, 0.2) is 0 Å². The van der Waals surface area contributed by atoms with Crippen molar-refractivity contribution < 1.29 is 4.79 Å². The zero-order valence-corrected chi connectivity index (χ0v) is 15.6. The predicted molar refractivity (Wildman–Crippen MR) is 98.3 cm³/mol. The first-order chi connectivity index (χ1) is 10.3. The van der Waals surface area contributed by atoms with Gasteiger partial charge in [-0.3, -0.25) is 4.79 Å². The molecule has 126 valence electrons. The molecule has 1 heterocycles. The maximum absolute atomic E-state index is 12.2. The summed E-state index contributed by atoms with van der Waals surface area (Å²) in [6.45, 7) is 8.89. The van der Waals surface area contributed by atoms with E-state index in [1.54, 1.807) is 5.38 Å². The van der Waals surface area contributed by atoms with Crippen molar-refractivity contribution in [3.8, 4) is 0 Å². The van der Waals surface area contributed by atoms with E-state index in [4.69, 9.17) is 5.73 Å². The zero-order valence-electron chi connectivity index (χ0n) is 13.9. The van der Waals surface area contributed by atoms with Crippen LogP contribution in [0.4, 0.5) is 0 Å². The normalized spacial score (nSPS) is 12.4. The Morgan fingerprint density at radius 2 is 1.91 bits per heavy atom. The third kappa shape index (κ3) is 5.03. The van der Waals surface area contributed by atoms with Crippen LogP contribution in [-0.4, -0.2) is 10.9 Å². The topological polar surface area (TPSA) is 68.0 Å². The van der Waals surface area contributed by atoms with E-state index < -0.39 is 0 Å². The van der Waals surface area contributed by atoms with E-state index in [0.717, 1.165) is 10.6 Å². The van der Waals surface area contributed by atoms with E-state index in [1.807, 2.05) is 6.92 Å². The number of nitrogens with zero attached hydrogens (tertiary/aromatic N) is 1. The summed E-state index contributed by atoms with van der Waals surface area (Å²) >= 11 is 1.41. The third-order valence-corrected chi connectivity index (χ3v) is 4.45. The fraction of sp³-hybridized carbons (Fsp3) is 0.412. The van der Waals surface area contributed by atoms with Crippen LogP contribution in [0.15, 0.2) is 29.6 Å². The molecule has 0 aliphatic carbocycles. The molecule has 23 heavy (non-hydrogen) atoms. The van der Waals surface area contributed by atoms with Gasteiger partial charge in [0, 0.05) is 11.9 Å². The van der Waals surface area contributed by atoms with Crippen LogP contribution in [-0.2, 0) is 12.0 Å². The molecule has 2 rings (SSSR count). The number of nitrogens with one attached hydrogen (secondary N) is 1. The van der Waals surface area contributed by atoms with Gasteiger partial charge in [0.05, 0.1) is 6.04 Å². The van der Waals surface area contributed by atoms with Crippen molar-refractivity contribution in [1.82, 2.24) is 10.3 Å². The monoisotopic (exact) mass is 353 g/mol. The molecule has 1 atom stereocenters. The van der Waals surface area contributed by atoms with Gasteiger partial charge in [-0.15, -0.1) is 23.7 Å². The highest BCUT2D eigenvalue weighted by Crippen LogP contribution is 2.24. The number of carbonyl (C=O) groups excluding carboxylic acids is 1. The minimum absolute atomic E-state index is 0. The molecule has 1 amide bonds. The van der Waals surface area contributed by atoms with Gasteiger partial charge in [-0.2, -0.15) is 0 Å². The van der Waals surface area contributed by atoms with Crippen molar-refractivity contribution in [2.75, 3.05) is 0 Å². The highest BCUT2D eigenvalue weighted by atomic mass is 35.5. The Hall–Kier alpha value is -1.43. The second-order valence-electron chi connectivity index (χ2n) is 6.40. The molecule has 0 saturated carbocycles. The molecule has 6 heteroatoms. The summed E-state index contributed by atoms with van der Waals surface area (Å²) in [6.07, 6.45) is 0. The van der Waals surface area contributed by atoms with Crippen LogP contribution in [0.25, 0.3) is 0 Å². The quantitative estimate of drug-likeness (QED) is 0.878. The van der Waals surface area contributed by atoms with Crippen molar-refractivity contribution in [2.45, 2.75) is 45.7 Å².